The number of amides is 2. The number of carbonyl (C=O) groups is 1. The lowest BCUT2D eigenvalue weighted by Gasteiger charge is -2.40. The maximum Gasteiger partial charge on any atom is 0.317 e. The number of nitrogens with zero attached hydrogens (tertiary/aromatic N) is 1. The summed E-state index contributed by atoms with van der Waals surface area (Å²) in [7, 11) is 1.71. The highest BCUT2D eigenvalue weighted by Crippen LogP contribution is 2.29. The molecule has 132 valence electrons. The minimum Gasteiger partial charge on any atom is -0.384 e. The second kappa shape index (κ2) is 7.49. The molecule has 1 aliphatic carbocycles. The Morgan fingerprint density at radius 3 is 2.71 bits per heavy atom. The summed E-state index contributed by atoms with van der Waals surface area (Å²) >= 11 is 0. The Balaban J connectivity index is 1.48. The molecule has 1 heterocycles. The van der Waals surface area contributed by atoms with Gasteiger partial charge in [0.15, 0.2) is 0 Å². The van der Waals surface area contributed by atoms with Gasteiger partial charge in [0.05, 0.1) is 0 Å². The van der Waals surface area contributed by atoms with Crippen molar-refractivity contribution in [3.8, 4) is 0 Å². The largest absolute Gasteiger partial charge is 0.384 e. The van der Waals surface area contributed by atoms with Crippen LogP contribution in [-0.2, 0) is 4.74 Å². The summed E-state index contributed by atoms with van der Waals surface area (Å²) in [5.74, 6) is 0.493. The summed E-state index contributed by atoms with van der Waals surface area (Å²) in [6.45, 7) is 1.97. The van der Waals surface area contributed by atoms with E-state index in [0.717, 1.165) is 31.4 Å². The second-order valence-corrected chi connectivity index (χ2v) is 7.00. The first-order chi connectivity index (χ1) is 11.6. The van der Waals surface area contributed by atoms with Crippen molar-refractivity contribution in [1.29, 1.82) is 0 Å². The van der Waals surface area contributed by atoms with Crippen LogP contribution in [0, 0.1) is 11.7 Å². The van der Waals surface area contributed by atoms with Crippen LogP contribution < -0.4 is 11.1 Å². The standard InChI is InChI=1S/C18H26FN3O2/c1-24-11-12-8-15(9-12)21-18(23)22-7-6-16(17(20)10-22)13-2-4-14(19)5-3-13/h2-5,12,15-17H,6-11,20H2,1H3,(H,21,23)/t12?,15?,16-,17+/m1/s1. The van der Waals surface area contributed by atoms with E-state index < -0.39 is 0 Å². The molecule has 0 unspecified atom stereocenters. The van der Waals surface area contributed by atoms with Gasteiger partial charge in [-0.2, -0.15) is 0 Å². The molecule has 0 bridgehead atoms. The van der Waals surface area contributed by atoms with Crippen LogP contribution in [0.3, 0.4) is 0 Å². The minimum absolute atomic E-state index is 0.0242. The van der Waals surface area contributed by atoms with Crippen LogP contribution in [-0.4, -0.2) is 49.8 Å². The Morgan fingerprint density at radius 1 is 1.38 bits per heavy atom. The number of hydrogen-bond acceptors (Lipinski definition) is 3. The smallest absolute Gasteiger partial charge is 0.317 e. The molecule has 24 heavy (non-hydrogen) atoms. The maximum absolute atomic E-state index is 13.1. The number of ether oxygens (including phenoxy) is 1. The number of hydrogen-bond donors (Lipinski definition) is 2. The third-order valence-electron chi connectivity index (χ3n) is 5.21. The van der Waals surface area contributed by atoms with Crippen LogP contribution in [0.1, 0.15) is 30.7 Å². The summed E-state index contributed by atoms with van der Waals surface area (Å²) in [4.78, 5) is 14.2. The van der Waals surface area contributed by atoms with Crippen molar-refractivity contribution in [1.82, 2.24) is 10.2 Å². The quantitative estimate of drug-likeness (QED) is 0.885. The predicted molar refractivity (Wildman–Crippen MR) is 90.2 cm³/mol. The number of nitrogens with one attached hydrogen (secondary N) is 1. The Morgan fingerprint density at radius 2 is 2.08 bits per heavy atom. The number of likely N-dealkylation sites (tertiary alicyclic amines) is 1. The van der Waals surface area contributed by atoms with E-state index in [0.29, 0.717) is 19.0 Å². The summed E-state index contributed by atoms with van der Waals surface area (Å²) in [5, 5.41) is 3.08. The van der Waals surface area contributed by atoms with Crippen molar-refractivity contribution in [2.75, 3.05) is 26.8 Å². The number of methoxy groups -OCH3 is 1. The Hall–Kier alpha value is -1.66. The number of nitrogens with two attached hydrogens (primary N) is 1. The van der Waals surface area contributed by atoms with Crippen molar-refractivity contribution in [3.63, 3.8) is 0 Å². The summed E-state index contributed by atoms with van der Waals surface area (Å²) < 4.78 is 18.2. The molecule has 1 aliphatic heterocycles. The van der Waals surface area contributed by atoms with Crippen molar-refractivity contribution < 1.29 is 13.9 Å². The highest BCUT2D eigenvalue weighted by molar-refractivity contribution is 5.75. The molecule has 6 heteroatoms. The number of urea groups is 1. The molecular formula is C18H26FN3O2. The molecule has 0 aromatic heterocycles. The third-order valence-corrected chi connectivity index (χ3v) is 5.21. The van der Waals surface area contributed by atoms with Gasteiger partial charge in [0.2, 0.25) is 0 Å². The first kappa shape index (κ1) is 17.2. The monoisotopic (exact) mass is 335 g/mol. The summed E-state index contributed by atoms with van der Waals surface area (Å²) in [5.41, 5.74) is 7.33. The molecule has 0 spiro atoms. The van der Waals surface area contributed by atoms with E-state index in [-0.39, 0.29) is 29.8 Å². The predicted octanol–water partition coefficient (Wildman–Crippen LogP) is 2.08. The van der Waals surface area contributed by atoms with E-state index in [1.807, 2.05) is 0 Å². The Bertz CT molecular complexity index is 560. The zero-order chi connectivity index (χ0) is 17.1. The van der Waals surface area contributed by atoms with Gasteiger partial charge in [0, 0.05) is 44.8 Å². The van der Waals surface area contributed by atoms with Gasteiger partial charge in [0.25, 0.3) is 0 Å². The normalized spacial score (nSPS) is 29.9. The van der Waals surface area contributed by atoms with Crippen molar-refractivity contribution >= 4 is 6.03 Å². The maximum atomic E-state index is 13.1. The highest BCUT2D eigenvalue weighted by Gasteiger charge is 2.34. The van der Waals surface area contributed by atoms with Crippen molar-refractivity contribution in [3.05, 3.63) is 35.6 Å². The molecule has 3 N–H and O–H groups in total. The molecule has 1 aromatic carbocycles. The van der Waals surface area contributed by atoms with E-state index in [1.165, 1.54) is 12.1 Å². The summed E-state index contributed by atoms with van der Waals surface area (Å²) in [6.07, 6.45) is 2.77. The Labute approximate surface area is 142 Å². The molecule has 1 saturated heterocycles. The van der Waals surface area contributed by atoms with Crippen LogP contribution in [0.5, 0.6) is 0 Å². The highest BCUT2D eigenvalue weighted by atomic mass is 19.1. The zero-order valence-electron chi connectivity index (χ0n) is 14.1. The van der Waals surface area contributed by atoms with Gasteiger partial charge in [-0.25, -0.2) is 9.18 Å². The molecule has 5 nitrogen and oxygen atoms in total. The van der Waals surface area contributed by atoms with Gasteiger partial charge in [-0.15, -0.1) is 0 Å². The third kappa shape index (κ3) is 3.87. The van der Waals surface area contributed by atoms with Crippen LogP contribution in [0.4, 0.5) is 9.18 Å². The van der Waals surface area contributed by atoms with Crippen LogP contribution in [0.25, 0.3) is 0 Å². The van der Waals surface area contributed by atoms with Gasteiger partial charge >= 0.3 is 6.03 Å². The minimum atomic E-state index is -0.239. The molecule has 1 saturated carbocycles. The number of rotatable bonds is 4. The van der Waals surface area contributed by atoms with Crippen molar-refractivity contribution in [2.45, 2.75) is 37.3 Å². The van der Waals surface area contributed by atoms with Crippen molar-refractivity contribution in [2.24, 2.45) is 11.7 Å². The van der Waals surface area contributed by atoms with Gasteiger partial charge < -0.3 is 20.7 Å². The Kier molecular flexibility index (Phi) is 5.36. The molecular weight excluding hydrogens is 309 g/mol. The topological polar surface area (TPSA) is 67.6 Å². The molecule has 2 aliphatic rings. The lowest BCUT2D eigenvalue weighted by atomic mass is 9.81. The lowest BCUT2D eigenvalue weighted by molar-refractivity contribution is 0.0866. The molecule has 2 amide bonds. The SMILES string of the molecule is COCC1CC(NC(=O)N2CC[C@H](c3ccc(F)cc3)[C@@H](N)C2)C1. The molecule has 2 atom stereocenters. The number of halogens is 1. The lowest BCUT2D eigenvalue weighted by Crippen LogP contribution is -2.56. The van der Waals surface area contributed by atoms with Crippen LogP contribution in [0.2, 0.25) is 0 Å². The van der Waals surface area contributed by atoms with Crippen LogP contribution in [0.15, 0.2) is 24.3 Å². The molecule has 3 rings (SSSR count). The molecule has 2 fully saturated rings. The first-order valence-corrected chi connectivity index (χ1v) is 8.62. The fourth-order valence-electron chi connectivity index (χ4n) is 3.78. The van der Waals surface area contributed by atoms with Gasteiger partial charge in [-0.1, -0.05) is 12.1 Å². The van der Waals surface area contributed by atoms with Gasteiger partial charge in [0.1, 0.15) is 5.82 Å². The average molecular weight is 335 g/mol. The van der Waals surface area contributed by atoms with E-state index in [1.54, 1.807) is 24.1 Å². The second-order valence-electron chi connectivity index (χ2n) is 7.00. The van der Waals surface area contributed by atoms with E-state index >= 15 is 0 Å². The summed E-state index contributed by atoms with van der Waals surface area (Å²) in [6, 6.07) is 6.62. The fraction of sp³-hybridized carbons (Fsp3) is 0.611. The van der Waals surface area contributed by atoms with E-state index in [2.05, 4.69) is 5.32 Å². The number of benzene rings is 1. The van der Waals surface area contributed by atoms with E-state index in [4.69, 9.17) is 10.5 Å². The van der Waals surface area contributed by atoms with Gasteiger partial charge in [-0.3, -0.25) is 0 Å². The molecule has 1 aromatic rings. The van der Waals surface area contributed by atoms with E-state index in [9.17, 15) is 9.18 Å². The fourth-order valence-corrected chi connectivity index (χ4v) is 3.78. The van der Waals surface area contributed by atoms with Gasteiger partial charge in [-0.05, 0) is 42.9 Å². The first-order valence-electron chi connectivity index (χ1n) is 8.62. The zero-order valence-corrected chi connectivity index (χ0v) is 14.1. The van der Waals surface area contributed by atoms with Crippen LogP contribution >= 0.6 is 0 Å². The average Bonchev–Trinajstić information content (AvgIpc) is 2.54. The number of carbonyl (C=O) groups excluding carboxylic acids is 1. The number of piperidine rings is 1. The molecule has 0 radical (unpaired) electrons.